The van der Waals surface area contributed by atoms with Crippen molar-refractivity contribution in [3.05, 3.63) is 89.7 Å². The molecular weight excluding hydrogens is 395 g/mol. The molecule has 0 aliphatic carbocycles. The van der Waals surface area contributed by atoms with Crippen molar-refractivity contribution in [3.8, 4) is 11.5 Å². The van der Waals surface area contributed by atoms with E-state index >= 15 is 0 Å². The molecule has 0 saturated carbocycles. The molecule has 0 aliphatic rings. The summed E-state index contributed by atoms with van der Waals surface area (Å²) in [5, 5.41) is 2.64. The Kier molecular flexibility index (Phi) is 7.62. The van der Waals surface area contributed by atoms with Gasteiger partial charge in [-0.1, -0.05) is 48.5 Å². The van der Waals surface area contributed by atoms with Crippen LogP contribution in [0.4, 0.5) is 10.1 Å². The molecule has 0 aliphatic heterocycles. The van der Waals surface area contributed by atoms with Gasteiger partial charge >= 0.3 is 0 Å². The lowest BCUT2D eigenvalue weighted by Gasteiger charge is -2.24. The smallest absolute Gasteiger partial charge is 0.241 e. The van der Waals surface area contributed by atoms with Crippen molar-refractivity contribution in [1.29, 1.82) is 0 Å². The summed E-state index contributed by atoms with van der Waals surface area (Å²) < 4.78 is 25.2. The molecule has 6 heteroatoms. The molecular formula is C25H27FN2O3. The first-order chi connectivity index (χ1) is 15.0. The van der Waals surface area contributed by atoms with E-state index in [-0.39, 0.29) is 11.6 Å². The Hall–Kier alpha value is -3.38. The first kappa shape index (κ1) is 22.3. The molecule has 0 radical (unpaired) electrons. The average Bonchev–Trinajstić information content (AvgIpc) is 2.79. The zero-order chi connectivity index (χ0) is 22.2. The summed E-state index contributed by atoms with van der Waals surface area (Å²) in [5.74, 6) is 0.553. The summed E-state index contributed by atoms with van der Waals surface area (Å²) in [6.07, 6.45) is 0. The third kappa shape index (κ3) is 6.06. The van der Waals surface area contributed by atoms with E-state index in [4.69, 9.17) is 9.47 Å². The monoisotopic (exact) mass is 422 g/mol. The van der Waals surface area contributed by atoms with Crippen molar-refractivity contribution < 1.29 is 18.7 Å². The fraction of sp³-hybridized carbons (Fsp3) is 0.240. The van der Waals surface area contributed by atoms with Gasteiger partial charge in [-0.25, -0.2) is 4.39 Å². The van der Waals surface area contributed by atoms with Crippen LogP contribution in [0.5, 0.6) is 11.5 Å². The van der Waals surface area contributed by atoms with Crippen molar-refractivity contribution in [3.63, 3.8) is 0 Å². The molecule has 0 unspecified atom stereocenters. The van der Waals surface area contributed by atoms with Crippen molar-refractivity contribution in [2.24, 2.45) is 0 Å². The predicted molar refractivity (Wildman–Crippen MR) is 120 cm³/mol. The number of nitrogens with one attached hydrogen (secondary N) is 1. The van der Waals surface area contributed by atoms with Crippen LogP contribution >= 0.6 is 0 Å². The average molecular weight is 423 g/mol. The van der Waals surface area contributed by atoms with Crippen LogP contribution in [0.2, 0.25) is 0 Å². The maximum absolute atomic E-state index is 13.8. The van der Waals surface area contributed by atoms with E-state index in [0.717, 1.165) is 11.1 Å². The minimum atomic E-state index is -0.459. The highest BCUT2D eigenvalue weighted by molar-refractivity contribution is 5.94. The van der Waals surface area contributed by atoms with Gasteiger partial charge < -0.3 is 14.8 Å². The Morgan fingerprint density at radius 2 is 1.71 bits per heavy atom. The van der Waals surface area contributed by atoms with Crippen LogP contribution in [0.3, 0.4) is 0 Å². The van der Waals surface area contributed by atoms with Crippen LogP contribution in [0.15, 0.2) is 72.8 Å². The van der Waals surface area contributed by atoms with Gasteiger partial charge in [0.1, 0.15) is 12.4 Å². The quantitative estimate of drug-likeness (QED) is 0.534. The van der Waals surface area contributed by atoms with Crippen LogP contribution < -0.4 is 14.8 Å². The Morgan fingerprint density at radius 3 is 2.42 bits per heavy atom. The second-order valence-electron chi connectivity index (χ2n) is 7.32. The maximum atomic E-state index is 13.8. The summed E-state index contributed by atoms with van der Waals surface area (Å²) in [6.45, 7) is 2.75. The number of ether oxygens (including phenoxy) is 2. The third-order valence-electron chi connectivity index (χ3n) is 5.07. The van der Waals surface area contributed by atoms with Crippen LogP contribution in [0.25, 0.3) is 0 Å². The number of amides is 1. The molecule has 0 saturated heterocycles. The molecule has 3 aromatic rings. The van der Waals surface area contributed by atoms with Gasteiger partial charge in [0.05, 0.1) is 18.8 Å². The second kappa shape index (κ2) is 10.6. The molecule has 5 nitrogen and oxygen atoms in total. The van der Waals surface area contributed by atoms with E-state index in [9.17, 15) is 9.18 Å². The topological polar surface area (TPSA) is 50.8 Å². The highest BCUT2D eigenvalue weighted by Crippen LogP contribution is 2.29. The van der Waals surface area contributed by atoms with E-state index in [1.807, 2.05) is 60.5 Å². The van der Waals surface area contributed by atoms with Crippen molar-refractivity contribution >= 4 is 11.6 Å². The fourth-order valence-electron chi connectivity index (χ4n) is 3.09. The minimum absolute atomic E-state index is 0.175. The standard InChI is InChI=1S/C25H27FN2O3/c1-18(25(29)27-22-12-8-7-11-21(22)26)28(2)16-20-13-14-23(24(15-20)30-3)31-17-19-9-5-4-6-10-19/h4-15,18H,16-17H2,1-3H3,(H,27,29)/t18-/m0/s1. The van der Waals surface area contributed by atoms with Crippen LogP contribution in [-0.2, 0) is 17.9 Å². The van der Waals surface area contributed by atoms with Gasteiger partial charge in [-0.3, -0.25) is 9.69 Å². The van der Waals surface area contributed by atoms with Gasteiger partial charge in [-0.2, -0.15) is 0 Å². The minimum Gasteiger partial charge on any atom is -0.493 e. The van der Waals surface area contributed by atoms with E-state index < -0.39 is 11.9 Å². The molecule has 0 heterocycles. The van der Waals surface area contributed by atoms with Gasteiger partial charge in [0.25, 0.3) is 0 Å². The molecule has 1 atom stereocenters. The number of nitrogens with zero attached hydrogens (tertiary/aromatic N) is 1. The largest absolute Gasteiger partial charge is 0.493 e. The van der Waals surface area contributed by atoms with Gasteiger partial charge in [-0.15, -0.1) is 0 Å². The van der Waals surface area contributed by atoms with E-state index in [1.165, 1.54) is 6.07 Å². The van der Waals surface area contributed by atoms with E-state index in [0.29, 0.717) is 24.7 Å². The van der Waals surface area contributed by atoms with Crippen molar-refractivity contribution in [2.45, 2.75) is 26.1 Å². The zero-order valence-electron chi connectivity index (χ0n) is 18.0. The molecule has 1 N–H and O–H groups in total. The third-order valence-corrected chi connectivity index (χ3v) is 5.07. The highest BCUT2D eigenvalue weighted by Gasteiger charge is 2.20. The Morgan fingerprint density at radius 1 is 1.00 bits per heavy atom. The van der Waals surface area contributed by atoms with Gasteiger partial charge in [0.2, 0.25) is 5.91 Å². The first-order valence-corrected chi connectivity index (χ1v) is 10.1. The summed E-state index contributed by atoms with van der Waals surface area (Å²) in [6, 6.07) is 21.3. The van der Waals surface area contributed by atoms with E-state index in [1.54, 1.807) is 32.2 Å². The summed E-state index contributed by atoms with van der Waals surface area (Å²) in [4.78, 5) is 14.4. The van der Waals surface area contributed by atoms with Crippen molar-refractivity contribution in [1.82, 2.24) is 4.90 Å². The highest BCUT2D eigenvalue weighted by atomic mass is 19.1. The lowest BCUT2D eigenvalue weighted by atomic mass is 10.1. The predicted octanol–water partition coefficient (Wildman–Crippen LogP) is 4.87. The molecule has 31 heavy (non-hydrogen) atoms. The van der Waals surface area contributed by atoms with Crippen molar-refractivity contribution in [2.75, 3.05) is 19.5 Å². The number of hydrogen-bond donors (Lipinski definition) is 1. The maximum Gasteiger partial charge on any atom is 0.241 e. The number of anilines is 1. The SMILES string of the molecule is COc1cc(CN(C)[C@@H](C)C(=O)Nc2ccccc2F)ccc1OCc1ccccc1. The van der Waals surface area contributed by atoms with Gasteiger partial charge in [0.15, 0.2) is 11.5 Å². The zero-order valence-corrected chi connectivity index (χ0v) is 18.0. The van der Waals surface area contributed by atoms with Gasteiger partial charge in [-0.05, 0) is 49.4 Å². The van der Waals surface area contributed by atoms with Gasteiger partial charge in [0, 0.05) is 6.54 Å². The molecule has 3 aromatic carbocycles. The Balaban J connectivity index is 1.61. The van der Waals surface area contributed by atoms with Crippen LogP contribution in [0.1, 0.15) is 18.1 Å². The van der Waals surface area contributed by atoms with Crippen LogP contribution in [-0.4, -0.2) is 31.0 Å². The number of methoxy groups -OCH3 is 1. The molecule has 0 aromatic heterocycles. The number of para-hydroxylation sites is 1. The molecule has 0 spiro atoms. The Bertz CT molecular complexity index is 1010. The number of likely N-dealkylation sites (N-methyl/N-ethyl adjacent to an activating group) is 1. The molecule has 1 amide bonds. The summed E-state index contributed by atoms with van der Waals surface area (Å²) >= 11 is 0. The molecule has 0 fully saturated rings. The van der Waals surface area contributed by atoms with Crippen LogP contribution in [0, 0.1) is 5.82 Å². The normalized spacial score (nSPS) is 11.8. The molecule has 162 valence electrons. The first-order valence-electron chi connectivity index (χ1n) is 10.1. The number of halogens is 1. The Labute approximate surface area is 182 Å². The number of rotatable bonds is 9. The number of carbonyl (C=O) groups excluding carboxylic acids is 1. The summed E-state index contributed by atoms with van der Waals surface area (Å²) in [7, 11) is 3.45. The van der Waals surface area contributed by atoms with E-state index in [2.05, 4.69) is 5.32 Å². The molecule has 0 bridgehead atoms. The molecule has 3 rings (SSSR count). The number of benzene rings is 3. The summed E-state index contributed by atoms with van der Waals surface area (Å²) in [5.41, 5.74) is 2.22. The lowest BCUT2D eigenvalue weighted by molar-refractivity contribution is -0.120. The number of carbonyl (C=O) groups is 1. The fourth-order valence-corrected chi connectivity index (χ4v) is 3.09. The lowest BCUT2D eigenvalue weighted by Crippen LogP contribution is -2.39. The second-order valence-corrected chi connectivity index (χ2v) is 7.32. The number of hydrogen-bond acceptors (Lipinski definition) is 4.